The fourth-order valence-corrected chi connectivity index (χ4v) is 3.44. The van der Waals surface area contributed by atoms with Crippen LogP contribution in [0.2, 0.25) is 0 Å². The summed E-state index contributed by atoms with van der Waals surface area (Å²) in [6.45, 7) is 2.93. The molecule has 1 N–H and O–H groups in total. The number of nitrogens with zero attached hydrogens (tertiary/aromatic N) is 3. The highest BCUT2D eigenvalue weighted by Crippen LogP contribution is 2.37. The van der Waals surface area contributed by atoms with Gasteiger partial charge in [-0.05, 0) is 61.2 Å². The van der Waals surface area contributed by atoms with E-state index < -0.39 is 0 Å². The van der Waals surface area contributed by atoms with Crippen LogP contribution in [-0.4, -0.2) is 19.8 Å². The highest BCUT2D eigenvalue weighted by Gasteiger charge is 2.24. The van der Waals surface area contributed by atoms with Gasteiger partial charge < -0.3 is 5.32 Å². The summed E-state index contributed by atoms with van der Waals surface area (Å²) in [5.74, 6) is 0.489. The Morgan fingerprint density at radius 3 is 2.81 bits per heavy atom. The third-order valence-electron chi connectivity index (χ3n) is 4.60. The first kappa shape index (κ1) is 16.8. The standard InChI is InChI=1S/C20H19FN4S/c1-2-18(26)23-17-12-14(9-10-22-17)19-16-4-3-11-25(16)24-20(19)13-5-7-15(21)8-6-13/h5-10,12H,2-4,11H2,1H3,(H,22,23,26). The molecule has 0 aliphatic carbocycles. The molecule has 0 saturated carbocycles. The van der Waals surface area contributed by atoms with Gasteiger partial charge in [-0.2, -0.15) is 5.10 Å². The molecule has 1 aliphatic rings. The van der Waals surface area contributed by atoms with E-state index in [-0.39, 0.29) is 5.82 Å². The number of aryl methyl sites for hydroxylation is 1. The molecule has 0 saturated heterocycles. The van der Waals surface area contributed by atoms with Crippen LogP contribution in [0.3, 0.4) is 0 Å². The summed E-state index contributed by atoms with van der Waals surface area (Å²) in [4.78, 5) is 5.13. The zero-order valence-corrected chi connectivity index (χ0v) is 15.3. The molecule has 4 rings (SSSR count). The first-order valence-corrected chi connectivity index (χ1v) is 9.18. The number of nitrogens with one attached hydrogen (secondary N) is 1. The number of pyridine rings is 1. The molecule has 132 valence electrons. The number of fused-ring (bicyclic) bond motifs is 1. The van der Waals surface area contributed by atoms with Gasteiger partial charge in [0.2, 0.25) is 0 Å². The van der Waals surface area contributed by atoms with E-state index in [9.17, 15) is 4.39 Å². The van der Waals surface area contributed by atoms with Crippen LogP contribution >= 0.6 is 12.2 Å². The maximum Gasteiger partial charge on any atom is 0.131 e. The van der Waals surface area contributed by atoms with Crippen molar-refractivity contribution in [2.45, 2.75) is 32.7 Å². The van der Waals surface area contributed by atoms with Crippen LogP contribution in [0.1, 0.15) is 25.5 Å². The highest BCUT2D eigenvalue weighted by molar-refractivity contribution is 7.80. The van der Waals surface area contributed by atoms with E-state index >= 15 is 0 Å². The van der Waals surface area contributed by atoms with Crippen molar-refractivity contribution in [3.8, 4) is 22.4 Å². The molecule has 0 atom stereocenters. The van der Waals surface area contributed by atoms with Crippen LogP contribution in [0, 0.1) is 5.82 Å². The lowest BCUT2D eigenvalue weighted by Crippen LogP contribution is -2.08. The number of thiocarbonyl (C=S) groups is 1. The van der Waals surface area contributed by atoms with Gasteiger partial charge in [0.15, 0.2) is 0 Å². The molecule has 6 heteroatoms. The second-order valence-corrected chi connectivity index (χ2v) is 6.83. The van der Waals surface area contributed by atoms with E-state index in [0.29, 0.717) is 0 Å². The molecular formula is C20H19FN4S. The van der Waals surface area contributed by atoms with E-state index in [2.05, 4.69) is 15.0 Å². The first-order chi connectivity index (χ1) is 12.7. The van der Waals surface area contributed by atoms with Gasteiger partial charge in [-0.1, -0.05) is 19.1 Å². The molecule has 4 nitrogen and oxygen atoms in total. The first-order valence-electron chi connectivity index (χ1n) is 8.77. The van der Waals surface area contributed by atoms with E-state index in [1.807, 2.05) is 19.1 Å². The van der Waals surface area contributed by atoms with Crippen LogP contribution in [-0.2, 0) is 13.0 Å². The van der Waals surface area contributed by atoms with Crippen molar-refractivity contribution in [3.05, 3.63) is 54.1 Å². The van der Waals surface area contributed by atoms with E-state index in [4.69, 9.17) is 17.3 Å². The largest absolute Gasteiger partial charge is 0.335 e. The van der Waals surface area contributed by atoms with Gasteiger partial charge in [0.05, 0.1) is 4.99 Å². The average Bonchev–Trinajstić information content (AvgIpc) is 3.23. The van der Waals surface area contributed by atoms with Crippen molar-refractivity contribution < 1.29 is 4.39 Å². The maximum atomic E-state index is 13.3. The van der Waals surface area contributed by atoms with Gasteiger partial charge in [-0.15, -0.1) is 0 Å². The quantitative estimate of drug-likeness (QED) is 0.671. The Bertz CT molecular complexity index is 962. The van der Waals surface area contributed by atoms with Gasteiger partial charge >= 0.3 is 0 Å². The predicted octanol–water partition coefficient (Wildman–Crippen LogP) is 4.85. The van der Waals surface area contributed by atoms with Crippen LogP contribution in [0.25, 0.3) is 22.4 Å². The molecule has 0 fully saturated rings. The number of anilines is 1. The molecule has 3 heterocycles. The van der Waals surface area contributed by atoms with E-state index in [1.54, 1.807) is 18.3 Å². The molecule has 3 aromatic rings. The van der Waals surface area contributed by atoms with Gasteiger partial charge in [-0.25, -0.2) is 9.37 Å². The summed E-state index contributed by atoms with van der Waals surface area (Å²) in [5, 5.41) is 7.97. The summed E-state index contributed by atoms with van der Waals surface area (Å²) >= 11 is 5.27. The monoisotopic (exact) mass is 366 g/mol. The lowest BCUT2D eigenvalue weighted by Gasteiger charge is -2.09. The molecule has 0 spiro atoms. The third kappa shape index (κ3) is 3.12. The number of hydrogen-bond donors (Lipinski definition) is 1. The molecule has 26 heavy (non-hydrogen) atoms. The molecular weight excluding hydrogens is 347 g/mol. The van der Waals surface area contributed by atoms with Gasteiger partial charge in [0, 0.05) is 29.6 Å². The molecule has 0 unspecified atom stereocenters. The molecule has 1 aliphatic heterocycles. The summed E-state index contributed by atoms with van der Waals surface area (Å²) in [6, 6.07) is 10.5. The average molecular weight is 366 g/mol. The van der Waals surface area contributed by atoms with E-state index in [0.717, 1.165) is 59.0 Å². The Balaban J connectivity index is 1.82. The predicted molar refractivity (Wildman–Crippen MR) is 106 cm³/mol. The fourth-order valence-electron chi connectivity index (χ4n) is 3.33. The van der Waals surface area contributed by atoms with Crippen molar-refractivity contribution in [2.75, 3.05) is 5.32 Å². The van der Waals surface area contributed by atoms with Gasteiger partial charge in [-0.3, -0.25) is 4.68 Å². The van der Waals surface area contributed by atoms with Crippen LogP contribution in [0.4, 0.5) is 10.2 Å². The minimum atomic E-state index is -0.245. The summed E-state index contributed by atoms with van der Waals surface area (Å²) < 4.78 is 15.4. The van der Waals surface area contributed by atoms with Crippen molar-refractivity contribution in [1.29, 1.82) is 0 Å². The minimum Gasteiger partial charge on any atom is -0.335 e. The van der Waals surface area contributed by atoms with Crippen molar-refractivity contribution >= 4 is 23.0 Å². The summed E-state index contributed by atoms with van der Waals surface area (Å²) in [6.07, 6.45) is 4.63. The zero-order valence-electron chi connectivity index (χ0n) is 14.5. The topological polar surface area (TPSA) is 42.7 Å². The Kier molecular flexibility index (Phi) is 4.51. The lowest BCUT2D eigenvalue weighted by molar-refractivity contribution is 0.628. The Morgan fingerprint density at radius 1 is 1.23 bits per heavy atom. The smallest absolute Gasteiger partial charge is 0.131 e. The molecule has 1 aromatic carbocycles. The Hall–Kier alpha value is -2.60. The molecule has 0 radical (unpaired) electrons. The lowest BCUT2D eigenvalue weighted by atomic mass is 9.98. The second kappa shape index (κ2) is 6.96. The Morgan fingerprint density at radius 2 is 2.04 bits per heavy atom. The second-order valence-electron chi connectivity index (χ2n) is 6.34. The molecule has 0 bridgehead atoms. The van der Waals surface area contributed by atoms with Crippen LogP contribution in [0.15, 0.2) is 42.6 Å². The van der Waals surface area contributed by atoms with Crippen molar-refractivity contribution in [3.63, 3.8) is 0 Å². The maximum absolute atomic E-state index is 13.3. The third-order valence-corrected chi connectivity index (χ3v) is 4.99. The number of aromatic nitrogens is 3. The fraction of sp³-hybridized carbons (Fsp3) is 0.250. The van der Waals surface area contributed by atoms with E-state index in [1.165, 1.54) is 17.8 Å². The zero-order chi connectivity index (χ0) is 18.1. The normalized spacial score (nSPS) is 12.8. The number of halogens is 1. The number of hydrogen-bond acceptors (Lipinski definition) is 3. The van der Waals surface area contributed by atoms with Crippen LogP contribution < -0.4 is 5.32 Å². The minimum absolute atomic E-state index is 0.245. The molecule has 2 aromatic heterocycles. The highest BCUT2D eigenvalue weighted by atomic mass is 32.1. The number of rotatable bonds is 4. The van der Waals surface area contributed by atoms with Crippen LogP contribution in [0.5, 0.6) is 0 Å². The summed E-state index contributed by atoms with van der Waals surface area (Å²) in [7, 11) is 0. The SMILES string of the molecule is CCC(=S)Nc1cc(-c2c(-c3ccc(F)cc3)nn3c2CCC3)ccn1. The molecule has 0 amide bonds. The Labute approximate surface area is 157 Å². The van der Waals surface area contributed by atoms with Crippen molar-refractivity contribution in [1.82, 2.24) is 14.8 Å². The van der Waals surface area contributed by atoms with Gasteiger partial charge in [0.1, 0.15) is 17.3 Å². The number of benzene rings is 1. The van der Waals surface area contributed by atoms with Gasteiger partial charge in [0.25, 0.3) is 0 Å². The summed E-state index contributed by atoms with van der Waals surface area (Å²) in [5.41, 5.74) is 5.17. The van der Waals surface area contributed by atoms with Crippen molar-refractivity contribution in [2.24, 2.45) is 0 Å².